The molecule has 0 radical (unpaired) electrons. The number of aromatic nitrogens is 1. The van der Waals surface area contributed by atoms with Crippen molar-refractivity contribution in [2.75, 3.05) is 17.5 Å². The number of nitrogens with zero attached hydrogens (tertiary/aromatic N) is 2. The SMILES string of the molecule is CCOC(=O)CCN(c1ccccc1)S(=O)(=O)c1ccc(-c2cc(C(F)(F)F)on2)s1. The van der Waals surface area contributed by atoms with E-state index in [1.54, 1.807) is 37.3 Å². The van der Waals surface area contributed by atoms with E-state index in [0.717, 1.165) is 15.6 Å². The number of alkyl halides is 3. The lowest BCUT2D eigenvalue weighted by molar-refractivity contribution is -0.155. The second-order valence-electron chi connectivity index (χ2n) is 6.16. The largest absolute Gasteiger partial charge is 0.466 e. The molecule has 0 spiro atoms. The Balaban J connectivity index is 1.91. The molecule has 2 heterocycles. The Morgan fingerprint density at radius 2 is 1.90 bits per heavy atom. The summed E-state index contributed by atoms with van der Waals surface area (Å²) in [7, 11) is -4.11. The van der Waals surface area contributed by atoms with Gasteiger partial charge in [-0.2, -0.15) is 13.2 Å². The molecule has 1 aromatic carbocycles. The number of rotatable bonds is 8. The molecule has 0 amide bonds. The minimum atomic E-state index is -4.70. The molecule has 31 heavy (non-hydrogen) atoms. The van der Waals surface area contributed by atoms with Gasteiger partial charge in [-0.05, 0) is 31.2 Å². The highest BCUT2D eigenvalue weighted by molar-refractivity contribution is 7.94. The molecular formula is C19H17F3N2O5S2. The summed E-state index contributed by atoms with van der Waals surface area (Å²) >= 11 is 0.749. The number of anilines is 1. The van der Waals surface area contributed by atoms with E-state index in [0.29, 0.717) is 11.8 Å². The van der Waals surface area contributed by atoms with Crippen molar-refractivity contribution in [1.82, 2.24) is 5.16 Å². The molecule has 0 N–H and O–H groups in total. The number of carbonyl (C=O) groups excluding carboxylic acids is 1. The number of esters is 1. The van der Waals surface area contributed by atoms with Crippen molar-refractivity contribution >= 4 is 33.0 Å². The molecule has 0 aliphatic carbocycles. The normalized spacial score (nSPS) is 12.0. The maximum atomic E-state index is 13.3. The quantitative estimate of drug-likeness (QED) is 0.445. The molecule has 0 unspecified atom stereocenters. The van der Waals surface area contributed by atoms with E-state index < -0.39 is 27.9 Å². The third kappa shape index (κ3) is 5.25. The molecule has 0 atom stereocenters. The van der Waals surface area contributed by atoms with Gasteiger partial charge >= 0.3 is 12.1 Å². The van der Waals surface area contributed by atoms with Gasteiger partial charge in [0.15, 0.2) is 0 Å². The monoisotopic (exact) mass is 474 g/mol. The van der Waals surface area contributed by atoms with Crippen LogP contribution in [0.5, 0.6) is 0 Å². The summed E-state index contributed by atoms with van der Waals surface area (Å²) in [5.74, 6) is -1.83. The van der Waals surface area contributed by atoms with Crippen molar-refractivity contribution in [2.45, 2.75) is 23.7 Å². The fourth-order valence-electron chi connectivity index (χ4n) is 2.64. The second-order valence-corrected chi connectivity index (χ2v) is 9.33. The highest BCUT2D eigenvalue weighted by Gasteiger charge is 2.36. The number of ether oxygens (including phenoxy) is 1. The van der Waals surface area contributed by atoms with E-state index in [2.05, 4.69) is 9.68 Å². The molecule has 12 heteroatoms. The molecule has 0 aliphatic rings. The average Bonchev–Trinajstić information content (AvgIpc) is 3.39. The Hall–Kier alpha value is -2.86. The first-order valence-corrected chi connectivity index (χ1v) is 11.3. The van der Waals surface area contributed by atoms with Crippen LogP contribution in [-0.4, -0.2) is 32.7 Å². The molecule has 0 saturated carbocycles. The average molecular weight is 474 g/mol. The van der Waals surface area contributed by atoms with Gasteiger partial charge in [-0.1, -0.05) is 23.4 Å². The van der Waals surface area contributed by atoms with E-state index >= 15 is 0 Å². The zero-order valence-electron chi connectivity index (χ0n) is 16.1. The standard InChI is InChI=1S/C19H17F3N2O5S2/c1-2-28-17(25)10-11-24(13-6-4-3-5-7-13)31(26,27)18-9-8-15(30-18)14-12-16(29-23-14)19(20,21)22/h3-9,12H,2,10-11H2,1H3. The number of benzene rings is 1. The van der Waals surface area contributed by atoms with Crippen LogP contribution in [-0.2, 0) is 25.7 Å². The zero-order chi connectivity index (χ0) is 22.6. The molecular weight excluding hydrogens is 457 g/mol. The number of sulfonamides is 1. The Morgan fingerprint density at radius 1 is 1.19 bits per heavy atom. The number of thiophene rings is 1. The number of halogens is 3. The second kappa shape index (κ2) is 9.10. The zero-order valence-corrected chi connectivity index (χ0v) is 17.8. The molecule has 166 valence electrons. The Labute approximate surface area is 180 Å². The van der Waals surface area contributed by atoms with Crippen LogP contribution in [0, 0.1) is 0 Å². The molecule has 7 nitrogen and oxygen atoms in total. The molecule has 3 rings (SSSR count). The van der Waals surface area contributed by atoms with Crippen LogP contribution in [0.1, 0.15) is 19.1 Å². The van der Waals surface area contributed by atoms with Gasteiger partial charge in [0.05, 0.1) is 23.6 Å². The summed E-state index contributed by atoms with van der Waals surface area (Å²) in [5.41, 5.74) is 0.208. The van der Waals surface area contributed by atoms with Gasteiger partial charge in [0.1, 0.15) is 9.90 Å². The maximum absolute atomic E-state index is 13.3. The maximum Gasteiger partial charge on any atom is 0.452 e. The smallest absolute Gasteiger partial charge is 0.452 e. The number of hydrogen-bond donors (Lipinski definition) is 0. The van der Waals surface area contributed by atoms with Crippen molar-refractivity contribution in [3.8, 4) is 10.6 Å². The number of para-hydroxylation sites is 1. The van der Waals surface area contributed by atoms with Gasteiger partial charge in [-0.3, -0.25) is 9.10 Å². The molecule has 0 bridgehead atoms. The lowest BCUT2D eigenvalue weighted by atomic mass is 10.3. The van der Waals surface area contributed by atoms with Crippen LogP contribution in [0.4, 0.5) is 18.9 Å². The number of carbonyl (C=O) groups is 1. The molecule has 0 fully saturated rings. The summed E-state index contributed by atoms with van der Waals surface area (Å²) < 4.78 is 74.9. The van der Waals surface area contributed by atoms with Gasteiger partial charge < -0.3 is 9.26 Å². The third-order valence-electron chi connectivity index (χ3n) is 4.04. The van der Waals surface area contributed by atoms with E-state index in [1.165, 1.54) is 12.1 Å². The highest BCUT2D eigenvalue weighted by Crippen LogP contribution is 2.36. The molecule has 3 aromatic rings. The van der Waals surface area contributed by atoms with Crippen molar-refractivity contribution in [1.29, 1.82) is 0 Å². The fourth-order valence-corrected chi connectivity index (χ4v) is 5.48. The topological polar surface area (TPSA) is 89.7 Å². The van der Waals surface area contributed by atoms with Gasteiger partial charge in [0.25, 0.3) is 10.0 Å². The summed E-state index contributed by atoms with van der Waals surface area (Å²) in [6.07, 6.45) is -4.87. The van der Waals surface area contributed by atoms with Crippen molar-refractivity contribution in [3.05, 3.63) is 54.3 Å². The van der Waals surface area contributed by atoms with Crippen LogP contribution >= 0.6 is 11.3 Å². The van der Waals surface area contributed by atoms with E-state index in [1.807, 2.05) is 0 Å². The van der Waals surface area contributed by atoms with Gasteiger partial charge in [0, 0.05) is 12.6 Å². The first-order valence-electron chi connectivity index (χ1n) is 9.00. The van der Waals surface area contributed by atoms with Crippen LogP contribution in [0.25, 0.3) is 10.6 Å². The minimum Gasteiger partial charge on any atom is -0.466 e. The predicted octanol–water partition coefficient (Wildman–Crippen LogP) is 4.57. The Bertz CT molecular complexity index is 1140. The first kappa shape index (κ1) is 22.8. The van der Waals surface area contributed by atoms with E-state index in [-0.39, 0.29) is 34.4 Å². The van der Waals surface area contributed by atoms with Crippen LogP contribution in [0.15, 0.2) is 57.3 Å². The summed E-state index contributed by atoms with van der Waals surface area (Å²) in [5, 5.41) is 3.38. The molecule has 0 aliphatic heterocycles. The molecule has 0 saturated heterocycles. The number of hydrogen-bond acceptors (Lipinski definition) is 7. The minimum absolute atomic E-state index is 0.119. The predicted molar refractivity (Wildman–Crippen MR) is 107 cm³/mol. The summed E-state index contributed by atoms with van der Waals surface area (Å²) in [6, 6.07) is 11.5. The lowest BCUT2D eigenvalue weighted by Gasteiger charge is -2.23. The van der Waals surface area contributed by atoms with Gasteiger partial charge in [-0.25, -0.2) is 8.42 Å². The van der Waals surface area contributed by atoms with Crippen LogP contribution in [0.3, 0.4) is 0 Å². The van der Waals surface area contributed by atoms with Gasteiger partial charge in [-0.15, -0.1) is 11.3 Å². The van der Waals surface area contributed by atoms with Crippen molar-refractivity contribution < 1.29 is 35.6 Å². The molecule has 2 aromatic heterocycles. The van der Waals surface area contributed by atoms with Crippen molar-refractivity contribution in [2.24, 2.45) is 0 Å². The Kier molecular flexibility index (Phi) is 6.70. The highest BCUT2D eigenvalue weighted by atomic mass is 32.2. The lowest BCUT2D eigenvalue weighted by Crippen LogP contribution is -2.32. The third-order valence-corrected chi connectivity index (χ3v) is 7.44. The first-order chi connectivity index (χ1) is 14.6. The van der Waals surface area contributed by atoms with Gasteiger partial charge in [0.2, 0.25) is 5.76 Å². The Morgan fingerprint density at radius 3 is 2.52 bits per heavy atom. The van der Waals surface area contributed by atoms with Crippen LogP contribution in [0.2, 0.25) is 0 Å². The fraction of sp³-hybridized carbons (Fsp3) is 0.263. The van der Waals surface area contributed by atoms with E-state index in [9.17, 15) is 26.4 Å². The summed E-state index contributed by atoms with van der Waals surface area (Å²) in [6.45, 7) is 1.65. The summed E-state index contributed by atoms with van der Waals surface area (Å²) in [4.78, 5) is 12.0. The van der Waals surface area contributed by atoms with Crippen molar-refractivity contribution in [3.63, 3.8) is 0 Å². The van der Waals surface area contributed by atoms with E-state index in [4.69, 9.17) is 4.74 Å². The van der Waals surface area contributed by atoms with Crippen LogP contribution < -0.4 is 4.31 Å².